The van der Waals surface area contributed by atoms with Crippen molar-refractivity contribution in [2.75, 3.05) is 25.2 Å². The summed E-state index contributed by atoms with van der Waals surface area (Å²) in [6, 6.07) is 13.5. The Morgan fingerprint density at radius 3 is 2.44 bits per heavy atom. The number of aromatic nitrogens is 1. The Hall–Kier alpha value is -3.19. The van der Waals surface area contributed by atoms with Gasteiger partial charge in [-0.25, -0.2) is 26.5 Å². The largest absolute Gasteiger partial charge is 0.497 e. The van der Waals surface area contributed by atoms with E-state index >= 15 is 4.39 Å². The Bertz CT molecular complexity index is 1580. The van der Waals surface area contributed by atoms with Crippen LogP contribution in [-0.4, -0.2) is 54.1 Å². The molecular weight excluding hydrogens is 594 g/mol. The van der Waals surface area contributed by atoms with Crippen molar-refractivity contribution >= 4 is 38.2 Å². The molecule has 0 radical (unpaired) electrons. The molecule has 2 N–H and O–H groups in total. The first-order valence-electron chi connectivity index (χ1n) is 13.9. The Kier molecular flexibility index (Phi) is 10.1. The van der Waals surface area contributed by atoms with Crippen molar-refractivity contribution in [3.05, 3.63) is 89.2 Å². The summed E-state index contributed by atoms with van der Waals surface area (Å²) in [5.41, 5.74) is -0.343. The van der Waals surface area contributed by atoms with Gasteiger partial charge in [-0.1, -0.05) is 31.3 Å². The summed E-state index contributed by atoms with van der Waals surface area (Å²) in [5, 5.41) is 2.66. The van der Waals surface area contributed by atoms with E-state index < -0.39 is 49.5 Å². The molecule has 2 aromatic carbocycles. The number of benzene rings is 2. The lowest BCUT2D eigenvalue weighted by atomic mass is 9.94. The number of nitrogens with zero attached hydrogens (tertiary/aromatic N) is 2. The van der Waals surface area contributed by atoms with E-state index in [4.69, 9.17) is 4.74 Å². The first-order chi connectivity index (χ1) is 20.3. The van der Waals surface area contributed by atoms with Gasteiger partial charge in [0, 0.05) is 29.6 Å². The smallest absolute Gasteiger partial charge is 0.274 e. The van der Waals surface area contributed by atoms with Crippen LogP contribution >= 0.6 is 10.7 Å². The van der Waals surface area contributed by atoms with E-state index in [9.17, 15) is 17.6 Å². The highest BCUT2D eigenvalue weighted by Crippen LogP contribution is 2.54. The third kappa shape index (κ3) is 7.86. The molecule has 1 fully saturated rings. The molecular formula is C31H38F2N4O4S2. The van der Waals surface area contributed by atoms with E-state index in [-0.39, 0.29) is 28.2 Å². The Balaban J connectivity index is 1.66. The summed E-state index contributed by atoms with van der Waals surface area (Å²) in [6.45, 7) is 3.86. The highest BCUT2D eigenvalue weighted by molar-refractivity contribution is 8.13. The van der Waals surface area contributed by atoms with Crippen LogP contribution in [0.5, 0.6) is 5.75 Å². The Morgan fingerprint density at radius 2 is 1.86 bits per heavy atom. The van der Waals surface area contributed by atoms with Crippen LogP contribution < -0.4 is 14.8 Å². The predicted molar refractivity (Wildman–Crippen MR) is 169 cm³/mol. The average molecular weight is 633 g/mol. The van der Waals surface area contributed by atoms with Crippen LogP contribution in [0.1, 0.15) is 61.1 Å². The number of rotatable bonds is 14. The number of halogens is 2. The lowest BCUT2D eigenvalue weighted by Crippen LogP contribution is -2.47. The van der Waals surface area contributed by atoms with Crippen molar-refractivity contribution < 1.29 is 26.7 Å². The molecule has 4 rings (SSSR count). The van der Waals surface area contributed by atoms with E-state index in [1.807, 2.05) is 0 Å². The second kappa shape index (κ2) is 13.2. The highest BCUT2D eigenvalue weighted by Gasteiger charge is 2.47. The SMILES string of the molecule is C=S(N[C@@](C)(CS(=O)(=O)N(C)Cc1ccc(OC)cc1)c1cc(NC(=O)c2ccc(F)cn2)ccc1F)C1(CCC)CC1. The van der Waals surface area contributed by atoms with Gasteiger partial charge in [-0.15, -0.1) is 10.7 Å². The first-order valence-corrected chi connectivity index (χ1v) is 16.9. The fraction of sp³-hybridized carbons (Fsp3) is 0.387. The zero-order valence-electron chi connectivity index (χ0n) is 24.8. The molecule has 43 heavy (non-hydrogen) atoms. The number of amides is 1. The second-order valence-electron chi connectivity index (χ2n) is 11.1. The number of nitrogens with one attached hydrogen (secondary N) is 2. The molecule has 1 heterocycles. The van der Waals surface area contributed by atoms with E-state index in [2.05, 4.69) is 27.8 Å². The molecule has 2 atom stereocenters. The van der Waals surface area contributed by atoms with Gasteiger partial charge in [0.15, 0.2) is 0 Å². The van der Waals surface area contributed by atoms with Gasteiger partial charge in [-0.3, -0.25) is 9.52 Å². The summed E-state index contributed by atoms with van der Waals surface area (Å²) in [4.78, 5) is 16.6. The molecule has 0 bridgehead atoms. The van der Waals surface area contributed by atoms with E-state index in [1.54, 1.807) is 38.3 Å². The second-order valence-corrected chi connectivity index (χ2v) is 15.1. The van der Waals surface area contributed by atoms with Gasteiger partial charge in [0.25, 0.3) is 5.91 Å². The van der Waals surface area contributed by atoms with Gasteiger partial charge < -0.3 is 10.1 Å². The molecule has 0 saturated heterocycles. The number of anilines is 1. The van der Waals surface area contributed by atoms with Crippen LogP contribution in [-0.2, 0) is 22.1 Å². The minimum Gasteiger partial charge on any atom is -0.497 e. The maximum Gasteiger partial charge on any atom is 0.274 e. The Morgan fingerprint density at radius 1 is 1.16 bits per heavy atom. The van der Waals surface area contributed by atoms with Gasteiger partial charge in [-0.2, -0.15) is 0 Å². The monoisotopic (exact) mass is 632 g/mol. The number of methoxy groups -OCH3 is 1. The third-order valence-corrected chi connectivity index (χ3v) is 12.0. The van der Waals surface area contributed by atoms with Crippen molar-refractivity contribution in [2.45, 2.75) is 56.4 Å². The van der Waals surface area contributed by atoms with Crippen molar-refractivity contribution in [3.63, 3.8) is 0 Å². The van der Waals surface area contributed by atoms with Gasteiger partial charge in [0.1, 0.15) is 23.1 Å². The third-order valence-electron chi connectivity index (χ3n) is 7.67. The lowest BCUT2D eigenvalue weighted by molar-refractivity contribution is 0.102. The highest BCUT2D eigenvalue weighted by atomic mass is 32.2. The molecule has 1 unspecified atom stereocenters. The maximum atomic E-state index is 15.6. The van der Waals surface area contributed by atoms with Crippen LogP contribution in [0.25, 0.3) is 0 Å². The van der Waals surface area contributed by atoms with Crippen molar-refractivity contribution in [3.8, 4) is 5.75 Å². The van der Waals surface area contributed by atoms with Crippen molar-refractivity contribution in [1.82, 2.24) is 14.0 Å². The Labute approximate surface area is 255 Å². The average Bonchev–Trinajstić information content (AvgIpc) is 3.75. The quantitative estimate of drug-likeness (QED) is 0.217. The number of pyridine rings is 1. The van der Waals surface area contributed by atoms with Crippen molar-refractivity contribution in [1.29, 1.82) is 0 Å². The topological polar surface area (TPSA) is 101 Å². The van der Waals surface area contributed by atoms with Crippen LogP contribution in [0, 0.1) is 11.6 Å². The molecule has 1 saturated carbocycles. The van der Waals surface area contributed by atoms with Gasteiger partial charge >= 0.3 is 0 Å². The van der Waals surface area contributed by atoms with Crippen molar-refractivity contribution in [2.24, 2.45) is 0 Å². The fourth-order valence-electron chi connectivity index (χ4n) is 5.05. The molecule has 1 aliphatic rings. The van der Waals surface area contributed by atoms with E-state index in [1.165, 1.54) is 35.6 Å². The molecule has 8 nitrogen and oxygen atoms in total. The lowest BCUT2D eigenvalue weighted by Gasteiger charge is -2.36. The number of hydrogen-bond acceptors (Lipinski definition) is 6. The number of carbonyl (C=O) groups excluding carboxylic acids is 1. The molecule has 232 valence electrons. The van der Waals surface area contributed by atoms with E-state index in [0.29, 0.717) is 5.75 Å². The van der Waals surface area contributed by atoms with Gasteiger partial charge in [0.2, 0.25) is 10.0 Å². The maximum absolute atomic E-state index is 15.6. The summed E-state index contributed by atoms with van der Waals surface area (Å²) in [5.74, 6) is 2.75. The molecule has 0 aliphatic heterocycles. The molecule has 0 spiro atoms. The fourth-order valence-corrected chi connectivity index (χ4v) is 8.65. The standard InChI is InChI=1S/C31H38F2N4O4S2/c1-6-15-31(16-17-31)42(5)36-30(2,21-43(39,40)37(3)20-22-7-11-25(41-4)12-8-22)26-18-24(10-13-27(26)33)35-29(38)28-14-9-23(32)19-34-28/h7-14,18-19,36H,5-6,15-17,20-21H2,1-4H3,(H,35,38)/t30-,42?/m0/s1. The number of carbonyl (C=O) groups is 1. The van der Waals surface area contributed by atoms with Crippen LogP contribution in [0.15, 0.2) is 60.8 Å². The molecule has 1 amide bonds. The number of hydrogen-bond donors (Lipinski definition) is 2. The van der Waals surface area contributed by atoms with Gasteiger partial charge in [0.05, 0.1) is 24.6 Å². The van der Waals surface area contributed by atoms with Gasteiger partial charge in [-0.05, 0) is 74.2 Å². The molecule has 1 aliphatic carbocycles. The molecule has 12 heteroatoms. The van der Waals surface area contributed by atoms with Crippen LogP contribution in [0.4, 0.5) is 14.5 Å². The summed E-state index contributed by atoms with van der Waals surface area (Å²) < 4.78 is 66.4. The summed E-state index contributed by atoms with van der Waals surface area (Å²) >= 11 is 0. The van der Waals surface area contributed by atoms with Crippen LogP contribution in [0.3, 0.4) is 0 Å². The number of ether oxygens (including phenoxy) is 1. The normalized spacial score (nSPS) is 16.3. The first kappa shape index (κ1) is 32.7. The number of sulfonamides is 1. The minimum absolute atomic E-state index is 0.0227. The molecule has 3 aromatic rings. The summed E-state index contributed by atoms with van der Waals surface area (Å²) in [6.07, 6.45) is 4.73. The van der Waals surface area contributed by atoms with Crippen LogP contribution in [0.2, 0.25) is 0 Å². The zero-order valence-corrected chi connectivity index (χ0v) is 26.5. The summed E-state index contributed by atoms with van der Waals surface area (Å²) in [7, 11) is -1.58. The zero-order chi connectivity index (χ0) is 31.4. The molecule has 1 aromatic heterocycles. The minimum atomic E-state index is -3.95. The van der Waals surface area contributed by atoms with E-state index in [0.717, 1.165) is 43.5 Å². The predicted octanol–water partition coefficient (Wildman–Crippen LogP) is 5.84.